The normalized spacial score (nSPS) is 10.4. The van der Waals surface area contributed by atoms with Crippen molar-refractivity contribution < 1.29 is 18.1 Å². The van der Waals surface area contributed by atoms with Crippen LogP contribution in [0, 0.1) is 11.6 Å². The van der Waals surface area contributed by atoms with Crippen molar-refractivity contribution in [2.45, 2.75) is 6.54 Å². The van der Waals surface area contributed by atoms with Crippen LogP contribution in [-0.4, -0.2) is 5.91 Å². The van der Waals surface area contributed by atoms with E-state index in [-0.39, 0.29) is 6.54 Å². The van der Waals surface area contributed by atoms with Crippen molar-refractivity contribution in [2.24, 2.45) is 0 Å². The van der Waals surface area contributed by atoms with Gasteiger partial charge in [0.15, 0.2) is 12.4 Å². The van der Waals surface area contributed by atoms with Gasteiger partial charge in [0.05, 0.1) is 0 Å². The van der Waals surface area contributed by atoms with E-state index in [1.807, 2.05) is 48.7 Å². The molecular formula is C19H15F2N2O+. The highest BCUT2D eigenvalue weighted by Gasteiger charge is 2.15. The Morgan fingerprint density at radius 1 is 0.875 bits per heavy atom. The number of anilines is 1. The summed E-state index contributed by atoms with van der Waals surface area (Å²) in [6.07, 6.45) is 3.54. The molecule has 0 saturated heterocycles. The van der Waals surface area contributed by atoms with Crippen LogP contribution in [0.5, 0.6) is 0 Å². The van der Waals surface area contributed by atoms with Crippen molar-refractivity contribution in [1.29, 1.82) is 0 Å². The molecule has 0 aliphatic heterocycles. The highest BCUT2D eigenvalue weighted by atomic mass is 19.1. The molecule has 1 heterocycles. The van der Waals surface area contributed by atoms with E-state index in [4.69, 9.17) is 0 Å². The molecule has 0 spiro atoms. The third kappa shape index (κ3) is 3.63. The first-order valence-electron chi connectivity index (χ1n) is 7.42. The summed E-state index contributed by atoms with van der Waals surface area (Å²) in [5, 5.41) is 2.28. The van der Waals surface area contributed by atoms with E-state index in [0.717, 1.165) is 23.3 Å². The van der Waals surface area contributed by atoms with Gasteiger partial charge >= 0.3 is 0 Å². The largest absolute Gasteiger partial charge is 0.316 e. The number of nitrogens with one attached hydrogen (secondary N) is 1. The number of hydrogen-bond acceptors (Lipinski definition) is 1. The summed E-state index contributed by atoms with van der Waals surface area (Å²) in [5.41, 5.74) is 1.54. The molecule has 0 aliphatic rings. The molecule has 1 amide bonds. The number of carbonyl (C=O) groups excluding carboxylic acids is 1. The molecule has 0 unspecified atom stereocenters. The Balaban J connectivity index is 1.76. The maximum atomic E-state index is 13.6. The average molecular weight is 325 g/mol. The zero-order valence-corrected chi connectivity index (χ0v) is 12.7. The van der Waals surface area contributed by atoms with E-state index >= 15 is 0 Å². The Kier molecular flexibility index (Phi) is 4.61. The van der Waals surface area contributed by atoms with Crippen LogP contribution < -0.4 is 9.88 Å². The van der Waals surface area contributed by atoms with Gasteiger partial charge in [0.25, 0.3) is 5.91 Å². The number of aromatic nitrogens is 1. The minimum atomic E-state index is -0.800. The van der Waals surface area contributed by atoms with Crippen LogP contribution in [0.25, 0.3) is 11.1 Å². The van der Waals surface area contributed by atoms with E-state index in [2.05, 4.69) is 5.32 Å². The Morgan fingerprint density at radius 2 is 1.54 bits per heavy atom. The van der Waals surface area contributed by atoms with Crippen LogP contribution >= 0.6 is 0 Å². The van der Waals surface area contributed by atoms with Gasteiger partial charge in [0, 0.05) is 11.6 Å². The highest BCUT2D eigenvalue weighted by Crippen LogP contribution is 2.18. The van der Waals surface area contributed by atoms with Crippen LogP contribution in [0.1, 0.15) is 0 Å². The molecule has 2 aromatic carbocycles. The number of hydrogen-bond donors (Lipinski definition) is 1. The maximum absolute atomic E-state index is 13.6. The number of para-hydroxylation sites is 1. The lowest BCUT2D eigenvalue weighted by atomic mass is 10.1. The lowest BCUT2D eigenvalue weighted by Crippen LogP contribution is -2.40. The Labute approximate surface area is 138 Å². The number of carbonyl (C=O) groups is 1. The third-order valence-corrected chi connectivity index (χ3v) is 3.52. The quantitative estimate of drug-likeness (QED) is 0.731. The number of halogens is 2. The fourth-order valence-electron chi connectivity index (χ4n) is 2.38. The fraction of sp³-hybridized carbons (Fsp3) is 0.0526. The molecule has 0 radical (unpaired) electrons. The molecule has 3 rings (SSSR count). The number of rotatable bonds is 4. The summed E-state index contributed by atoms with van der Waals surface area (Å²) in [6, 6.07) is 16.9. The minimum absolute atomic E-state index is 0.0472. The van der Waals surface area contributed by atoms with Gasteiger partial charge in [0.2, 0.25) is 6.54 Å². The lowest BCUT2D eigenvalue weighted by Gasteiger charge is -2.06. The van der Waals surface area contributed by atoms with Gasteiger partial charge in [0.1, 0.15) is 17.3 Å². The fourth-order valence-corrected chi connectivity index (χ4v) is 2.38. The number of pyridine rings is 1. The van der Waals surface area contributed by atoms with Crippen molar-refractivity contribution in [3.63, 3.8) is 0 Å². The van der Waals surface area contributed by atoms with Crippen LogP contribution in [0.3, 0.4) is 0 Å². The monoisotopic (exact) mass is 325 g/mol. The van der Waals surface area contributed by atoms with E-state index < -0.39 is 23.2 Å². The third-order valence-electron chi connectivity index (χ3n) is 3.52. The second kappa shape index (κ2) is 7.00. The molecule has 0 aliphatic carbocycles. The number of benzene rings is 2. The summed E-state index contributed by atoms with van der Waals surface area (Å²) < 4.78 is 28.8. The average Bonchev–Trinajstić information content (AvgIpc) is 2.59. The van der Waals surface area contributed by atoms with Crippen molar-refractivity contribution >= 4 is 11.6 Å². The molecule has 1 N–H and O–H groups in total. The lowest BCUT2D eigenvalue weighted by molar-refractivity contribution is -0.683. The van der Waals surface area contributed by atoms with Gasteiger partial charge in [-0.15, -0.1) is 0 Å². The van der Waals surface area contributed by atoms with E-state index in [1.54, 1.807) is 10.8 Å². The molecule has 3 nitrogen and oxygen atoms in total. The molecule has 24 heavy (non-hydrogen) atoms. The van der Waals surface area contributed by atoms with Gasteiger partial charge in [-0.25, -0.2) is 8.78 Å². The van der Waals surface area contributed by atoms with E-state index in [1.165, 1.54) is 6.07 Å². The Hall–Kier alpha value is -3.08. The van der Waals surface area contributed by atoms with Crippen LogP contribution in [0.2, 0.25) is 0 Å². The predicted octanol–water partition coefficient (Wildman–Crippen LogP) is 3.56. The van der Waals surface area contributed by atoms with Gasteiger partial charge in [-0.05, 0) is 23.8 Å². The molecule has 120 valence electrons. The summed E-state index contributed by atoms with van der Waals surface area (Å²) in [6.45, 7) is -0.0472. The van der Waals surface area contributed by atoms with Gasteiger partial charge in [-0.1, -0.05) is 36.4 Å². The van der Waals surface area contributed by atoms with E-state index in [0.29, 0.717) is 0 Å². The van der Waals surface area contributed by atoms with Crippen LogP contribution in [-0.2, 0) is 11.3 Å². The van der Waals surface area contributed by atoms with Crippen molar-refractivity contribution in [3.05, 3.63) is 84.7 Å². The minimum Gasteiger partial charge on any atom is -0.316 e. The Bertz CT molecular complexity index is 846. The summed E-state index contributed by atoms with van der Waals surface area (Å²) in [5.74, 6) is -2.10. The highest BCUT2D eigenvalue weighted by molar-refractivity contribution is 5.89. The Morgan fingerprint density at radius 3 is 2.25 bits per heavy atom. The molecule has 0 atom stereocenters. The van der Waals surface area contributed by atoms with Crippen LogP contribution in [0.15, 0.2) is 73.1 Å². The van der Waals surface area contributed by atoms with Gasteiger partial charge < -0.3 is 5.32 Å². The molecule has 0 bridgehead atoms. The zero-order valence-electron chi connectivity index (χ0n) is 12.7. The summed E-state index contributed by atoms with van der Waals surface area (Å²) >= 11 is 0. The number of nitrogens with zero attached hydrogens (tertiary/aromatic N) is 1. The smallest absolute Gasteiger partial charge is 0.290 e. The SMILES string of the molecule is O=C(C[n+]1cccc(-c2ccccc2)c1)Nc1c(F)cccc1F. The maximum Gasteiger partial charge on any atom is 0.290 e. The molecule has 0 saturated carbocycles. The molecule has 1 aromatic heterocycles. The first kappa shape index (κ1) is 15.8. The molecule has 0 fully saturated rings. The van der Waals surface area contributed by atoms with Crippen molar-refractivity contribution in [1.82, 2.24) is 0 Å². The first-order chi connectivity index (χ1) is 11.6. The summed E-state index contributed by atoms with van der Waals surface area (Å²) in [7, 11) is 0. The van der Waals surface area contributed by atoms with E-state index in [9.17, 15) is 13.6 Å². The van der Waals surface area contributed by atoms with Crippen molar-refractivity contribution in [2.75, 3.05) is 5.32 Å². The molecule has 3 aromatic rings. The topological polar surface area (TPSA) is 33.0 Å². The molecular weight excluding hydrogens is 310 g/mol. The van der Waals surface area contributed by atoms with Crippen molar-refractivity contribution in [3.8, 4) is 11.1 Å². The van der Waals surface area contributed by atoms with Crippen LogP contribution in [0.4, 0.5) is 14.5 Å². The van der Waals surface area contributed by atoms with Gasteiger partial charge in [-0.2, -0.15) is 4.57 Å². The van der Waals surface area contributed by atoms with Gasteiger partial charge in [-0.3, -0.25) is 4.79 Å². The second-order valence-corrected chi connectivity index (χ2v) is 5.28. The predicted molar refractivity (Wildman–Crippen MR) is 87.1 cm³/mol. The molecule has 5 heteroatoms. The number of amides is 1. The first-order valence-corrected chi connectivity index (χ1v) is 7.42. The standard InChI is InChI=1S/C19H14F2N2O/c20-16-9-4-10-17(21)19(16)22-18(24)13-23-11-5-8-15(12-23)14-6-2-1-3-7-14/h1-12H,13H2/p+1. The zero-order chi connectivity index (χ0) is 16.9. The second-order valence-electron chi connectivity index (χ2n) is 5.28. The summed E-state index contributed by atoms with van der Waals surface area (Å²) in [4.78, 5) is 12.1.